The summed E-state index contributed by atoms with van der Waals surface area (Å²) in [5.74, 6) is 1.76. The number of hydrogen-bond acceptors (Lipinski definition) is 0. The second-order valence-electron chi connectivity index (χ2n) is 5.57. The third kappa shape index (κ3) is 4.15. The molecule has 2 fully saturated rings. The second kappa shape index (κ2) is 6.93. The lowest BCUT2D eigenvalue weighted by Gasteiger charge is -2.18. The first-order valence-corrected chi connectivity index (χ1v) is 7.30. The largest absolute Gasteiger partial charge is 0.0814 e. The van der Waals surface area contributed by atoms with E-state index in [0.29, 0.717) is 0 Å². The van der Waals surface area contributed by atoms with Crippen molar-refractivity contribution in [1.29, 1.82) is 0 Å². The predicted octanol–water partition coefficient (Wildman–Crippen LogP) is 5.26. The normalized spacial score (nSPS) is 25.8. The van der Waals surface area contributed by atoms with Gasteiger partial charge in [-0.25, -0.2) is 0 Å². The summed E-state index contributed by atoms with van der Waals surface area (Å²) < 4.78 is 0. The van der Waals surface area contributed by atoms with E-state index in [1.54, 1.807) is 0 Å². The van der Waals surface area contributed by atoms with Gasteiger partial charge in [0, 0.05) is 0 Å². The van der Waals surface area contributed by atoms with Crippen molar-refractivity contribution in [3.63, 3.8) is 0 Å². The van der Waals surface area contributed by atoms with Gasteiger partial charge in [0.25, 0.3) is 0 Å². The van der Waals surface area contributed by atoms with Crippen LogP contribution >= 0.6 is 0 Å². The Morgan fingerprint density at radius 3 is 1.25 bits per heavy atom. The zero-order valence-electron chi connectivity index (χ0n) is 10.5. The van der Waals surface area contributed by atoms with Crippen LogP contribution in [0, 0.1) is 11.8 Å². The summed E-state index contributed by atoms with van der Waals surface area (Å²) in [5, 5.41) is 0. The molecule has 0 aromatic rings. The van der Waals surface area contributed by atoms with Crippen LogP contribution in [-0.4, -0.2) is 0 Å². The molecule has 0 heterocycles. The molecular weight excluding hydrogens is 192 g/mol. The van der Waals surface area contributed by atoms with E-state index >= 15 is 0 Å². The minimum Gasteiger partial charge on any atom is -0.0814 e. The fourth-order valence-corrected chi connectivity index (χ4v) is 3.10. The SMILES string of the molecule is C(C=CC1CCCCC1)=CC1CCCCC1. The fourth-order valence-electron chi connectivity index (χ4n) is 3.10. The van der Waals surface area contributed by atoms with Gasteiger partial charge in [0.2, 0.25) is 0 Å². The van der Waals surface area contributed by atoms with E-state index in [1.165, 1.54) is 64.2 Å². The van der Waals surface area contributed by atoms with E-state index in [9.17, 15) is 0 Å². The van der Waals surface area contributed by atoms with E-state index < -0.39 is 0 Å². The lowest BCUT2D eigenvalue weighted by atomic mass is 9.88. The van der Waals surface area contributed by atoms with E-state index in [4.69, 9.17) is 0 Å². The molecule has 2 aliphatic carbocycles. The molecule has 0 heteroatoms. The third-order valence-corrected chi connectivity index (χ3v) is 4.18. The lowest BCUT2D eigenvalue weighted by molar-refractivity contribution is 0.418. The van der Waals surface area contributed by atoms with Gasteiger partial charge in [0.05, 0.1) is 0 Å². The molecular formula is C16H26. The van der Waals surface area contributed by atoms with Crippen molar-refractivity contribution < 1.29 is 0 Å². The second-order valence-corrected chi connectivity index (χ2v) is 5.57. The molecule has 0 aromatic carbocycles. The standard InChI is InChI=1S/C16H26/c1-3-9-15(10-4-1)13-7-8-14-16-11-5-2-6-12-16/h7-8,13-16H,1-6,9-12H2. The zero-order valence-corrected chi connectivity index (χ0v) is 10.5. The van der Waals surface area contributed by atoms with Gasteiger partial charge in [-0.15, -0.1) is 0 Å². The summed E-state index contributed by atoms with van der Waals surface area (Å²) in [6.07, 6.45) is 23.9. The molecule has 0 bridgehead atoms. The average molecular weight is 218 g/mol. The van der Waals surface area contributed by atoms with Crippen molar-refractivity contribution in [3.8, 4) is 0 Å². The van der Waals surface area contributed by atoms with Crippen LogP contribution in [0.3, 0.4) is 0 Å². The van der Waals surface area contributed by atoms with Gasteiger partial charge in [0.1, 0.15) is 0 Å². The van der Waals surface area contributed by atoms with E-state index in [2.05, 4.69) is 24.3 Å². The van der Waals surface area contributed by atoms with E-state index in [1.807, 2.05) is 0 Å². The Hall–Kier alpha value is -0.520. The molecule has 0 aromatic heterocycles. The summed E-state index contributed by atoms with van der Waals surface area (Å²) in [7, 11) is 0. The van der Waals surface area contributed by atoms with Gasteiger partial charge in [-0.1, -0.05) is 62.8 Å². The van der Waals surface area contributed by atoms with Crippen molar-refractivity contribution in [2.45, 2.75) is 64.2 Å². The van der Waals surface area contributed by atoms with Crippen LogP contribution in [0.1, 0.15) is 64.2 Å². The maximum Gasteiger partial charge on any atom is -0.0230 e. The average Bonchev–Trinajstić information content (AvgIpc) is 2.37. The first-order valence-electron chi connectivity index (χ1n) is 7.30. The van der Waals surface area contributed by atoms with Crippen molar-refractivity contribution in [3.05, 3.63) is 24.3 Å². The summed E-state index contributed by atoms with van der Waals surface area (Å²) in [6, 6.07) is 0. The molecule has 0 atom stereocenters. The van der Waals surface area contributed by atoms with Crippen molar-refractivity contribution in [2.24, 2.45) is 11.8 Å². The lowest BCUT2D eigenvalue weighted by Crippen LogP contribution is -2.03. The highest BCUT2D eigenvalue weighted by Crippen LogP contribution is 2.26. The maximum atomic E-state index is 2.44. The molecule has 0 N–H and O–H groups in total. The smallest absolute Gasteiger partial charge is 0.0230 e. The van der Waals surface area contributed by atoms with Gasteiger partial charge in [-0.3, -0.25) is 0 Å². The number of rotatable bonds is 3. The highest BCUT2D eigenvalue weighted by Gasteiger charge is 2.10. The fraction of sp³-hybridized carbons (Fsp3) is 0.750. The number of allylic oxidation sites excluding steroid dienone is 4. The van der Waals surface area contributed by atoms with Crippen LogP contribution in [0.2, 0.25) is 0 Å². The quantitative estimate of drug-likeness (QED) is 0.567. The van der Waals surface area contributed by atoms with Gasteiger partial charge >= 0.3 is 0 Å². The molecule has 2 aliphatic rings. The van der Waals surface area contributed by atoms with E-state index in [0.717, 1.165) is 11.8 Å². The summed E-state index contributed by atoms with van der Waals surface area (Å²) >= 11 is 0. The van der Waals surface area contributed by atoms with Crippen LogP contribution in [-0.2, 0) is 0 Å². The van der Waals surface area contributed by atoms with Gasteiger partial charge < -0.3 is 0 Å². The third-order valence-electron chi connectivity index (χ3n) is 4.18. The van der Waals surface area contributed by atoms with Crippen LogP contribution < -0.4 is 0 Å². The Balaban J connectivity index is 1.68. The predicted molar refractivity (Wildman–Crippen MR) is 71.4 cm³/mol. The number of hydrogen-bond donors (Lipinski definition) is 0. The summed E-state index contributed by atoms with van der Waals surface area (Å²) in [4.78, 5) is 0. The zero-order chi connectivity index (χ0) is 11.1. The first kappa shape index (κ1) is 12.0. The Morgan fingerprint density at radius 2 is 0.875 bits per heavy atom. The highest BCUT2D eigenvalue weighted by atomic mass is 14.2. The minimum absolute atomic E-state index is 0.879. The topological polar surface area (TPSA) is 0 Å². The molecule has 2 rings (SSSR count). The molecule has 0 saturated heterocycles. The molecule has 2 saturated carbocycles. The Morgan fingerprint density at radius 1 is 0.500 bits per heavy atom. The van der Waals surface area contributed by atoms with Crippen molar-refractivity contribution in [1.82, 2.24) is 0 Å². The van der Waals surface area contributed by atoms with Crippen LogP contribution in [0.15, 0.2) is 24.3 Å². The summed E-state index contributed by atoms with van der Waals surface area (Å²) in [6.45, 7) is 0. The Kier molecular flexibility index (Phi) is 5.18. The molecule has 0 amide bonds. The highest BCUT2D eigenvalue weighted by molar-refractivity contribution is 5.06. The summed E-state index contributed by atoms with van der Waals surface area (Å²) in [5.41, 5.74) is 0. The monoisotopic (exact) mass is 218 g/mol. The van der Waals surface area contributed by atoms with Crippen LogP contribution in [0.4, 0.5) is 0 Å². The maximum absolute atomic E-state index is 2.44. The molecule has 0 radical (unpaired) electrons. The molecule has 0 spiro atoms. The van der Waals surface area contributed by atoms with Gasteiger partial charge in [-0.2, -0.15) is 0 Å². The van der Waals surface area contributed by atoms with E-state index in [-0.39, 0.29) is 0 Å². The van der Waals surface area contributed by atoms with Gasteiger partial charge in [-0.05, 0) is 37.5 Å². The van der Waals surface area contributed by atoms with Crippen LogP contribution in [0.25, 0.3) is 0 Å². The molecule has 90 valence electrons. The molecule has 0 nitrogen and oxygen atoms in total. The Labute approximate surface area is 101 Å². The molecule has 16 heavy (non-hydrogen) atoms. The van der Waals surface area contributed by atoms with Crippen molar-refractivity contribution >= 4 is 0 Å². The van der Waals surface area contributed by atoms with Crippen molar-refractivity contribution in [2.75, 3.05) is 0 Å². The minimum atomic E-state index is 0.879. The Bertz CT molecular complexity index is 198. The first-order chi connectivity index (χ1) is 7.95. The van der Waals surface area contributed by atoms with Crippen LogP contribution in [0.5, 0.6) is 0 Å². The molecule has 0 unspecified atom stereocenters. The van der Waals surface area contributed by atoms with Gasteiger partial charge in [0.15, 0.2) is 0 Å². The molecule has 0 aliphatic heterocycles.